The Morgan fingerprint density at radius 2 is 1.88 bits per heavy atom. The van der Waals surface area contributed by atoms with Gasteiger partial charge in [0.25, 0.3) is 0 Å². The second kappa shape index (κ2) is 10.9. The first kappa shape index (κ1) is 24.1. The van der Waals surface area contributed by atoms with Crippen molar-refractivity contribution in [3.8, 4) is 11.3 Å². The van der Waals surface area contributed by atoms with Gasteiger partial charge in [0.2, 0.25) is 5.91 Å². The molecule has 0 aliphatic heterocycles. The summed E-state index contributed by atoms with van der Waals surface area (Å²) in [4.78, 5) is 18.3. The van der Waals surface area contributed by atoms with Crippen LogP contribution in [-0.2, 0) is 11.3 Å². The van der Waals surface area contributed by atoms with E-state index in [1.54, 1.807) is 12.1 Å². The van der Waals surface area contributed by atoms with Crippen LogP contribution in [-0.4, -0.2) is 45.5 Å². The maximum atomic E-state index is 13.2. The second-order valence-corrected chi connectivity index (χ2v) is 9.89. The lowest BCUT2D eigenvalue weighted by Crippen LogP contribution is -3.05. The van der Waals surface area contributed by atoms with Crippen molar-refractivity contribution in [1.82, 2.24) is 19.7 Å². The van der Waals surface area contributed by atoms with Crippen LogP contribution in [0.25, 0.3) is 11.3 Å². The van der Waals surface area contributed by atoms with Crippen molar-refractivity contribution in [1.29, 1.82) is 0 Å². The van der Waals surface area contributed by atoms with Gasteiger partial charge in [-0.15, -0.1) is 21.5 Å². The maximum absolute atomic E-state index is 13.2. The summed E-state index contributed by atoms with van der Waals surface area (Å²) in [7, 11) is 4.17. The molecule has 0 aliphatic carbocycles. The molecule has 34 heavy (non-hydrogen) atoms. The highest BCUT2D eigenvalue weighted by atomic mass is 32.2. The number of carbonyl (C=O) groups is 1. The van der Waals surface area contributed by atoms with Crippen molar-refractivity contribution in [3.05, 3.63) is 77.2 Å². The van der Waals surface area contributed by atoms with Gasteiger partial charge in [-0.2, -0.15) is 0 Å². The van der Waals surface area contributed by atoms with Crippen LogP contribution in [0.5, 0.6) is 0 Å². The van der Waals surface area contributed by atoms with Crippen LogP contribution >= 0.6 is 23.1 Å². The highest BCUT2D eigenvalue weighted by Gasteiger charge is 2.23. The van der Waals surface area contributed by atoms with Crippen molar-refractivity contribution in [2.24, 2.45) is 0 Å². The molecule has 0 spiro atoms. The Hall–Kier alpha value is -3.08. The van der Waals surface area contributed by atoms with Crippen molar-refractivity contribution in [2.75, 3.05) is 25.2 Å². The van der Waals surface area contributed by atoms with E-state index in [0.717, 1.165) is 17.0 Å². The first-order valence-corrected chi connectivity index (χ1v) is 12.7. The van der Waals surface area contributed by atoms with E-state index in [1.165, 1.54) is 40.1 Å². The molecule has 0 saturated heterocycles. The van der Waals surface area contributed by atoms with E-state index >= 15 is 0 Å². The molecule has 0 radical (unpaired) electrons. The third kappa shape index (κ3) is 5.88. The summed E-state index contributed by atoms with van der Waals surface area (Å²) in [5, 5.41) is 14.7. The molecule has 2 heterocycles. The van der Waals surface area contributed by atoms with Crippen LogP contribution in [0.1, 0.15) is 24.4 Å². The SMILES string of the molecule is C[C@H](c1nnc(SCC(=O)Nc2nc(-c3ccc(F)cc3)cs2)n1Cc1ccccc1)[NH+](C)C. The normalized spacial score (nSPS) is 12.1. The van der Waals surface area contributed by atoms with Crippen LogP contribution in [0.15, 0.2) is 65.1 Å². The van der Waals surface area contributed by atoms with Crippen molar-refractivity contribution in [2.45, 2.75) is 24.7 Å². The molecule has 0 unspecified atom stereocenters. The summed E-state index contributed by atoms with van der Waals surface area (Å²) in [6, 6.07) is 16.4. The average Bonchev–Trinajstić information content (AvgIpc) is 3.45. The van der Waals surface area contributed by atoms with E-state index in [4.69, 9.17) is 0 Å². The van der Waals surface area contributed by atoms with Crippen molar-refractivity contribution >= 4 is 34.1 Å². The number of thioether (sulfide) groups is 1. The Labute approximate surface area is 206 Å². The summed E-state index contributed by atoms with van der Waals surface area (Å²) in [6.45, 7) is 2.75. The van der Waals surface area contributed by atoms with Gasteiger partial charge < -0.3 is 10.2 Å². The quantitative estimate of drug-likeness (QED) is 0.346. The van der Waals surface area contributed by atoms with Gasteiger partial charge >= 0.3 is 0 Å². The number of nitrogens with one attached hydrogen (secondary N) is 2. The average molecular weight is 498 g/mol. The van der Waals surface area contributed by atoms with Crippen molar-refractivity contribution in [3.63, 3.8) is 0 Å². The number of halogens is 1. The number of rotatable bonds is 9. The van der Waals surface area contributed by atoms with Gasteiger partial charge in [0, 0.05) is 10.9 Å². The highest BCUT2D eigenvalue weighted by Crippen LogP contribution is 2.26. The predicted molar refractivity (Wildman–Crippen MR) is 134 cm³/mol. The zero-order chi connectivity index (χ0) is 24.1. The van der Waals surface area contributed by atoms with Gasteiger partial charge in [0.15, 0.2) is 16.1 Å². The fourth-order valence-electron chi connectivity index (χ4n) is 3.27. The number of hydrogen-bond acceptors (Lipinski definition) is 6. The minimum Gasteiger partial charge on any atom is -0.331 e. The number of nitrogens with zero attached hydrogens (tertiary/aromatic N) is 4. The Morgan fingerprint density at radius 1 is 1.15 bits per heavy atom. The minimum atomic E-state index is -0.297. The number of benzene rings is 2. The largest absolute Gasteiger partial charge is 0.331 e. The summed E-state index contributed by atoms with van der Waals surface area (Å²) in [5.41, 5.74) is 2.64. The lowest BCUT2D eigenvalue weighted by Gasteiger charge is -2.18. The molecule has 0 bridgehead atoms. The molecule has 0 saturated carbocycles. The summed E-state index contributed by atoms with van der Waals surface area (Å²) < 4.78 is 15.2. The van der Waals surface area contributed by atoms with E-state index < -0.39 is 0 Å². The van der Waals surface area contributed by atoms with Gasteiger partial charge in [-0.25, -0.2) is 9.37 Å². The number of anilines is 1. The zero-order valence-corrected chi connectivity index (χ0v) is 20.8. The lowest BCUT2D eigenvalue weighted by atomic mass is 10.2. The Kier molecular flexibility index (Phi) is 7.71. The highest BCUT2D eigenvalue weighted by molar-refractivity contribution is 7.99. The number of amides is 1. The molecular formula is C24H26FN6OS2+. The Morgan fingerprint density at radius 3 is 2.59 bits per heavy atom. The maximum Gasteiger partial charge on any atom is 0.236 e. The number of quaternary nitrogens is 1. The standard InChI is InChI=1S/C24H25FN6OS2/c1-16(30(2)3)22-28-29-24(31(22)13-17-7-5-4-6-8-17)34-15-21(32)27-23-26-20(14-33-23)18-9-11-19(25)12-10-18/h4-12,14,16H,13,15H2,1-3H3,(H,26,27,32)/p+1/t16-/m1/s1. The number of carbonyl (C=O) groups excluding carboxylic acids is 1. The van der Waals surface area contributed by atoms with Gasteiger partial charge in [0.05, 0.1) is 32.1 Å². The van der Waals surface area contributed by atoms with Crippen LogP contribution in [0.2, 0.25) is 0 Å². The van der Waals surface area contributed by atoms with Crippen LogP contribution in [0, 0.1) is 5.82 Å². The predicted octanol–water partition coefficient (Wildman–Crippen LogP) is 3.53. The molecule has 4 aromatic rings. The molecule has 2 aromatic carbocycles. The molecule has 176 valence electrons. The molecule has 1 amide bonds. The minimum absolute atomic E-state index is 0.152. The number of hydrogen-bond donors (Lipinski definition) is 2. The topological polar surface area (TPSA) is 77.1 Å². The first-order valence-electron chi connectivity index (χ1n) is 10.8. The third-order valence-electron chi connectivity index (χ3n) is 5.41. The smallest absolute Gasteiger partial charge is 0.236 e. The van der Waals surface area contributed by atoms with E-state index in [-0.39, 0.29) is 23.5 Å². The summed E-state index contributed by atoms with van der Waals surface area (Å²) in [5.74, 6) is 0.596. The van der Waals surface area contributed by atoms with E-state index in [2.05, 4.69) is 58.2 Å². The first-order chi connectivity index (χ1) is 16.4. The van der Waals surface area contributed by atoms with E-state index in [1.807, 2.05) is 23.6 Å². The van der Waals surface area contributed by atoms with E-state index in [0.29, 0.717) is 22.5 Å². The molecule has 4 rings (SSSR count). The third-order valence-corrected chi connectivity index (χ3v) is 7.13. The van der Waals surface area contributed by atoms with Crippen LogP contribution in [0.4, 0.5) is 9.52 Å². The lowest BCUT2D eigenvalue weighted by molar-refractivity contribution is -0.890. The molecule has 0 fully saturated rings. The molecule has 1 atom stereocenters. The zero-order valence-electron chi connectivity index (χ0n) is 19.2. The van der Waals surface area contributed by atoms with Gasteiger partial charge in [-0.3, -0.25) is 9.36 Å². The summed E-state index contributed by atoms with van der Waals surface area (Å²) in [6.07, 6.45) is 0. The number of aromatic nitrogens is 4. The van der Waals surface area contributed by atoms with Gasteiger partial charge in [-0.1, -0.05) is 42.1 Å². The van der Waals surface area contributed by atoms with Gasteiger partial charge in [0.1, 0.15) is 11.9 Å². The number of thiazole rings is 1. The summed E-state index contributed by atoms with van der Waals surface area (Å²) >= 11 is 2.68. The Bertz CT molecular complexity index is 1240. The molecule has 7 nitrogen and oxygen atoms in total. The van der Waals surface area contributed by atoms with E-state index in [9.17, 15) is 9.18 Å². The van der Waals surface area contributed by atoms with Crippen LogP contribution < -0.4 is 10.2 Å². The fourth-order valence-corrected chi connectivity index (χ4v) is 4.75. The molecule has 0 aliphatic rings. The molecule has 10 heteroatoms. The molecular weight excluding hydrogens is 471 g/mol. The molecule has 2 N–H and O–H groups in total. The second-order valence-electron chi connectivity index (χ2n) is 8.09. The van der Waals surface area contributed by atoms with Crippen LogP contribution in [0.3, 0.4) is 0 Å². The Balaban J connectivity index is 1.43. The monoisotopic (exact) mass is 497 g/mol. The molecule has 2 aromatic heterocycles. The fraction of sp³-hybridized carbons (Fsp3) is 0.250. The van der Waals surface area contributed by atoms with Gasteiger partial charge in [-0.05, 0) is 36.8 Å². The van der Waals surface area contributed by atoms with Crippen molar-refractivity contribution < 1.29 is 14.1 Å².